The molecule has 0 N–H and O–H groups in total. The van der Waals surface area contributed by atoms with E-state index in [0.29, 0.717) is 0 Å². The van der Waals surface area contributed by atoms with Crippen LogP contribution in [0.2, 0.25) is 0 Å². The van der Waals surface area contributed by atoms with Crippen LogP contribution >= 0.6 is 11.3 Å². The molecular formula is C57H38N2S. The Morgan fingerprint density at radius 3 is 1.85 bits per heavy atom. The third kappa shape index (κ3) is 5.47. The predicted molar refractivity (Wildman–Crippen MR) is 255 cm³/mol. The first-order valence-electron chi connectivity index (χ1n) is 20.6. The summed E-state index contributed by atoms with van der Waals surface area (Å²) in [7, 11) is 0. The molecule has 11 aromatic rings. The summed E-state index contributed by atoms with van der Waals surface area (Å²) < 4.78 is 2.65. The molecule has 0 bridgehead atoms. The van der Waals surface area contributed by atoms with E-state index in [1.165, 1.54) is 86.2 Å². The fraction of sp³-hybridized carbons (Fsp3) is 0.0526. The van der Waals surface area contributed by atoms with Crippen LogP contribution in [0.25, 0.3) is 109 Å². The number of thiophene rings is 1. The van der Waals surface area contributed by atoms with Crippen LogP contribution in [0.4, 0.5) is 0 Å². The summed E-state index contributed by atoms with van der Waals surface area (Å²) in [5, 5.41) is 7.52. The Hall–Kier alpha value is -7.20. The molecule has 2 aromatic heterocycles. The molecule has 0 unspecified atom stereocenters. The molecule has 1 aliphatic rings. The van der Waals surface area contributed by atoms with Crippen LogP contribution < -0.4 is 0 Å². The van der Waals surface area contributed by atoms with Crippen LogP contribution in [-0.2, 0) is 5.41 Å². The maximum absolute atomic E-state index is 5.32. The van der Waals surface area contributed by atoms with E-state index in [1.54, 1.807) is 0 Å². The summed E-state index contributed by atoms with van der Waals surface area (Å²) in [4.78, 5) is 10.6. The number of rotatable bonds is 5. The Kier molecular flexibility index (Phi) is 7.79. The van der Waals surface area contributed by atoms with E-state index in [-0.39, 0.29) is 5.41 Å². The van der Waals surface area contributed by atoms with Gasteiger partial charge in [0, 0.05) is 47.8 Å². The zero-order valence-electron chi connectivity index (χ0n) is 33.3. The molecule has 0 aliphatic heterocycles. The Labute approximate surface area is 353 Å². The molecule has 0 fully saturated rings. The van der Waals surface area contributed by atoms with Crippen LogP contribution in [0, 0.1) is 0 Å². The Morgan fingerprint density at radius 1 is 0.383 bits per heavy atom. The first-order valence-corrected chi connectivity index (χ1v) is 21.5. The van der Waals surface area contributed by atoms with Gasteiger partial charge < -0.3 is 0 Å². The molecule has 2 heterocycles. The van der Waals surface area contributed by atoms with Gasteiger partial charge in [0.15, 0.2) is 5.82 Å². The summed E-state index contributed by atoms with van der Waals surface area (Å²) in [5.41, 5.74) is 15.1. The minimum Gasteiger partial charge on any atom is -0.228 e. The fourth-order valence-corrected chi connectivity index (χ4v) is 10.9. The van der Waals surface area contributed by atoms with Gasteiger partial charge in [0.1, 0.15) is 0 Å². The molecule has 282 valence electrons. The number of hydrogen-bond donors (Lipinski definition) is 0. The minimum absolute atomic E-state index is 0.146. The highest BCUT2D eigenvalue weighted by Crippen LogP contribution is 2.53. The van der Waals surface area contributed by atoms with Crippen molar-refractivity contribution in [2.75, 3.05) is 0 Å². The Bertz CT molecular complexity index is 3520. The molecule has 0 saturated carbocycles. The average Bonchev–Trinajstić information content (AvgIpc) is 3.79. The van der Waals surface area contributed by atoms with Crippen molar-refractivity contribution in [2.45, 2.75) is 19.3 Å². The van der Waals surface area contributed by atoms with Crippen molar-refractivity contribution in [2.24, 2.45) is 0 Å². The lowest BCUT2D eigenvalue weighted by atomic mass is 9.81. The molecule has 2 nitrogen and oxygen atoms in total. The SMILES string of the molecule is CC1(C)c2cc3ccccc3cc2-c2c(-c3cc(-c4ccc5cc(-c6ccccc6-c6cccc7c6sc6ccccc67)ccc5c4)nc(-c4ccccc4)n3)cccc21. The fourth-order valence-electron chi connectivity index (χ4n) is 9.64. The van der Waals surface area contributed by atoms with Gasteiger partial charge in [-0.3, -0.25) is 0 Å². The van der Waals surface area contributed by atoms with Gasteiger partial charge in [0.2, 0.25) is 0 Å². The quantitative estimate of drug-likeness (QED) is 0.174. The van der Waals surface area contributed by atoms with Crippen molar-refractivity contribution in [3.05, 3.63) is 205 Å². The summed E-state index contributed by atoms with van der Waals surface area (Å²) in [6.07, 6.45) is 0. The second-order valence-electron chi connectivity index (χ2n) is 16.5. The molecule has 60 heavy (non-hydrogen) atoms. The number of benzene rings is 9. The largest absolute Gasteiger partial charge is 0.228 e. The summed E-state index contributed by atoms with van der Waals surface area (Å²) >= 11 is 1.88. The predicted octanol–water partition coefficient (Wildman–Crippen LogP) is 15.8. The number of nitrogens with zero attached hydrogens (tertiary/aromatic N) is 2. The molecule has 9 aromatic carbocycles. The number of aromatic nitrogens is 2. The van der Waals surface area contributed by atoms with Crippen LogP contribution in [0.5, 0.6) is 0 Å². The van der Waals surface area contributed by atoms with E-state index in [4.69, 9.17) is 9.97 Å². The third-order valence-corrected chi connectivity index (χ3v) is 13.9. The topological polar surface area (TPSA) is 25.8 Å². The zero-order valence-corrected chi connectivity index (χ0v) is 34.1. The molecule has 12 rings (SSSR count). The van der Waals surface area contributed by atoms with Crippen molar-refractivity contribution < 1.29 is 0 Å². The molecule has 1 aliphatic carbocycles. The normalized spacial score (nSPS) is 13.0. The molecule has 3 heteroatoms. The van der Waals surface area contributed by atoms with Crippen LogP contribution in [0.1, 0.15) is 25.0 Å². The highest BCUT2D eigenvalue weighted by atomic mass is 32.1. The van der Waals surface area contributed by atoms with Crippen molar-refractivity contribution in [1.82, 2.24) is 9.97 Å². The third-order valence-electron chi connectivity index (χ3n) is 12.7. The molecule has 0 spiro atoms. The van der Waals surface area contributed by atoms with Crippen LogP contribution in [0.15, 0.2) is 194 Å². The van der Waals surface area contributed by atoms with E-state index in [1.807, 2.05) is 17.4 Å². The highest BCUT2D eigenvalue weighted by molar-refractivity contribution is 7.26. The molecule has 0 amide bonds. The van der Waals surface area contributed by atoms with Crippen molar-refractivity contribution in [3.8, 4) is 67.3 Å². The van der Waals surface area contributed by atoms with E-state index in [0.717, 1.165) is 33.9 Å². The monoisotopic (exact) mass is 782 g/mol. The van der Waals surface area contributed by atoms with E-state index < -0.39 is 0 Å². The van der Waals surface area contributed by atoms with Crippen molar-refractivity contribution in [1.29, 1.82) is 0 Å². The van der Waals surface area contributed by atoms with Gasteiger partial charge in [-0.05, 0) is 96.9 Å². The minimum atomic E-state index is -0.146. The van der Waals surface area contributed by atoms with E-state index in [2.05, 4.69) is 202 Å². The van der Waals surface area contributed by atoms with E-state index >= 15 is 0 Å². The lowest BCUT2D eigenvalue weighted by Gasteiger charge is -2.22. The van der Waals surface area contributed by atoms with Crippen LogP contribution in [0.3, 0.4) is 0 Å². The maximum atomic E-state index is 5.32. The van der Waals surface area contributed by atoms with Gasteiger partial charge >= 0.3 is 0 Å². The van der Waals surface area contributed by atoms with Gasteiger partial charge in [0.25, 0.3) is 0 Å². The molecular weight excluding hydrogens is 745 g/mol. The van der Waals surface area contributed by atoms with Gasteiger partial charge in [-0.25, -0.2) is 9.97 Å². The molecule has 0 radical (unpaired) electrons. The second kappa shape index (κ2) is 13.4. The van der Waals surface area contributed by atoms with Gasteiger partial charge in [-0.1, -0.05) is 172 Å². The summed E-state index contributed by atoms with van der Waals surface area (Å²) in [6, 6.07) is 70.6. The summed E-state index contributed by atoms with van der Waals surface area (Å²) in [5.74, 6) is 0.720. The Morgan fingerprint density at radius 2 is 1.00 bits per heavy atom. The summed E-state index contributed by atoms with van der Waals surface area (Å²) in [6.45, 7) is 4.70. The first-order chi connectivity index (χ1) is 29.5. The van der Waals surface area contributed by atoms with Gasteiger partial charge in [0.05, 0.1) is 11.4 Å². The Balaban J connectivity index is 0.980. The standard InChI is InChI=1S/C57H38N2S/c1-57(2)49-24-13-23-47(54(49)48-32-36-16-6-7-17-37(36)33-50(48)57)52-34-51(58-56(59-52)35-14-4-3-5-15-35)41-29-27-38-30-40(28-26-39(38)31-41)42-18-8-9-19-43(42)45-21-12-22-46-44-20-10-11-25-53(44)60-55(45)46/h3-34H,1-2H3. The lowest BCUT2D eigenvalue weighted by molar-refractivity contribution is 0.661. The molecule has 0 atom stereocenters. The van der Waals surface area contributed by atoms with Gasteiger partial charge in [-0.2, -0.15) is 0 Å². The average molecular weight is 783 g/mol. The number of hydrogen-bond acceptors (Lipinski definition) is 3. The molecule has 0 saturated heterocycles. The van der Waals surface area contributed by atoms with Crippen LogP contribution in [-0.4, -0.2) is 9.97 Å². The van der Waals surface area contributed by atoms with Gasteiger partial charge in [-0.15, -0.1) is 11.3 Å². The lowest BCUT2D eigenvalue weighted by Crippen LogP contribution is -2.14. The van der Waals surface area contributed by atoms with Crippen molar-refractivity contribution >= 4 is 53.1 Å². The van der Waals surface area contributed by atoms with E-state index in [9.17, 15) is 0 Å². The van der Waals surface area contributed by atoms with Crippen molar-refractivity contribution in [3.63, 3.8) is 0 Å². The number of fused-ring (bicyclic) bond motifs is 8. The maximum Gasteiger partial charge on any atom is 0.160 e. The first kappa shape index (κ1) is 34.8. The second-order valence-corrected chi connectivity index (χ2v) is 17.6. The zero-order chi connectivity index (χ0) is 40.0. The smallest absolute Gasteiger partial charge is 0.160 e. The highest BCUT2D eigenvalue weighted by Gasteiger charge is 2.37.